The van der Waals surface area contributed by atoms with Crippen LogP contribution >= 0.6 is 11.8 Å². The summed E-state index contributed by atoms with van der Waals surface area (Å²) in [7, 11) is 0. The van der Waals surface area contributed by atoms with Crippen molar-refractivity contribution in [2.24, 2.45) is 0 Å². The Morgan fingerprint density at radius 3 is 2.77 bits per heavy atom. The maximum absolute atomic E-state index is 11.9. The Bertz CT molecular complexity index is 502. The van der Waals surface area contributed by atoms with E-state index in [2.05, 4.69) is 5.32 Å². The van der Waals surface area contributed by atoms with Crippen LogP contribution in [0.2, 0.25) is 0 Å². The first-order valence-corrected chi connectivity index (χ1v) is 9.13. The van der Waals surface area contributed by atoms with Gasteiger partial charge in [-0.1, -0.05) is 31.4 Å². The molecule has 3 rings (SSSR count). The maximum Gasteiger partial charge on any atom is 0.230 e. The molecule has 0 bridgehead atoms. The van der Waals surface area contributed by atoms with Crippen molar-refractivity contribution in [1.82, 2.24) is 5.32 Å². The van der Waals surface area contributed by atoms with E-state index in [1.165, 1.54) is 32.1 Å². The van der Waals surface area contributed by atoms with Crippen LogP contribution in [0.5, 0.6) is 11.5 Å². The molecule has 1 atom stereocenters. The Balaban J connectivity index is 1.37. The molecular weight excluding hydrogens is 298 g/mol. The lowest BCUT2D eigenvalue weighted by atomic mass is 10.0. The molecule has 1 aliphatic heterocycles. The number of para-hydroxylation sites is 2. The summed E-state index contributed by atoms with van der Waals surface area (Å²) in [6.07, 6.45) is 6.38. The van der Waals surface area contributed by atoms with Crippen LogP contribution in [-0.4, -0.2) is 36.2 Å². The standard InChI is InChI=1S/C17H23NO3S/c19-17(12-22-14-6-2-1-3-7-14)18-10-13-11-20-15-8-4-5-9-16(15)21-13/h4-5,8-9,13-14H,1-3,6-7,10-12H2,(H,18,19). The average molecular weight is 321 g/mol. The Hall–Kier alpha value is -1.36. The zero-order valence-corrected chi connectivity index (χ0v) is 13.6. The highest BCUT2D eigenvalue weighted by Gasteiger charge is 2.21. The highest BCUT2D eigenvalue weighted by molar-refractivity contribution is 8.00. The lowest BCUT2D eigenvalue weighted by molar-refractivity contribution is -0.119. The van der Waals surface area contributed by atoms with E-state index in [4.69, 9.17) is 9.47 Å². The number of ether oxygens (including phenoxy) is 2. The number of carbonyl (C=O) groups is 1. The molecule has 1 heterocycles. The second kappa shape index (κ2) is 7.77. The maximum atomic E-state index is 11.9. The molecule has 0 aromatic heterocycles. The number of fused-ring (bicyclic) bond motifs is 1. The van der Waals surface area contributed by atoms with Gasteiger partial charge in [0.1, 0.15) is 12.7 Å². The van der Waals surface area contributed by atoms with Crippen LogP contribution in [0.25, 0.3) is 0 Å². The highest BCUT2D eigenvalue weighted by atomic mass is 32.2. The van der Waals surface area contributed by atoms with Gasteiger partial charge in [0.2, 0.25) is 5.91 Å². The van der Waals surface area contributed by atoms with Gasteiger partial charge < -0.3 is 14.8 Å². The van der Waals surface area contributed by atoms with Crippen LogP contribution in [0.4, 0.5) is 0 Å². The lowest BCUT2D eigenvalue weighted by Crippen LogP contribution is -2.41. The average Bonchev–Trinajstić information content (AvgIpc) is 2.59. The van der Waals surface area contributed by atoms with Gasteiger partial charge in [-0.25, -0.2) is 0 Å². The van der Waals surface area contributed by atoms with Gasteiger partial charge in [-0.15, -0.1) is 11.8 Å². The molecule has 120 valence electrons. The number of carbonyl (C=O) groups excluding carboxylic acids is 1. The second-order valence-electron chi connectivity index (χ2n) is 5.87. The van der Waals surface area contributed by atoms with Crippen molar-refractivity contribution >= 4 is 17.7 Å². The Kier molecular flexibility index (Phi) is 5.48. The van der Waals surface area contributed by atoms with E-state index < -0.39 is 0 Å². The number of hydrogen-bond acceptors (Lipinski definition) is 4. The number of thioether (sulfide) groups is 1. The minimum atomic E-state index is -0.112. The van der Waals surface area contributed by atoms with Crippen LogP contribution in [0.1, 0.15) is 32.1 Å². The van der Waals surface area contributed by atoms with Crippen LogP contribution in [0.15, 0.2) is 24.3 Å². The number of hydrogen-bond donors (Lipinski definition) is 1. The van der Waals surface area contributed by atoms with Crippen LogP contribution in [-0.2, 0) is 4.79 Å². The van der Waals surface area contributed by atoms with Gasteiger partial charge in [0.15, 0.2) is 11.5 Å². The molecule has 1 N–H and O–H groups in total. The SMILES string of the molecule is O=C(CSC1CCCCC1)NCC1COc2ccccc2O1. The van der Waals surface area contributed by atoms with Gasteiger partial charge in [0.05, 0.1) is 12.3 Å². The van der Waals surface area contributed by atoms with Gasteiger partial charge in [-0.2, -0.15) is 0 Å². The molecular formula is C17H23NO3S. The topological polar surface area (TPSA) is 47.6 Å². The molecule has 22 heavy (non-hydrogen) atoms. The van der Waals surface area contributed by atoms with E-state index in [1.54, 1.807) is 11.8 Å². The highest BCUT2D eigenvalue weighted by Crippen LogP contribution is 2.31. The van der Waals surface area contributed by atoms with E-state index in [1.807, 2.05) is 24.3 Å². The molecule has 5 heteroatoms. The third-order valence-corrected chi connectivity index (χ3v) is 5.47. The minimum Gasteiger partial charge on any atom is -0.486 e. The summed E-state index contributed by atoms with van der Waals surface area (Å²) >= 11 is 1.80. The Labute approximate surface area is 135 Å². The monoisotopic (exact) mass is 321 g/mol. The molecule has 1 saturated carbocycles. The fourth-order valence-electron chi connectivity index (χ4n) is 2.87. The van der Waals surface area contributed by atoms with Gasteiger partial charge >= 0.3 is 0 Å². The molecule has 0 saturated heterocycles. The summed E-state index contributed by atoms with van der Waals surface area (Å²) in [4.78, 5) is 11.9. The van der Waals surface area contributed by atoms with Crippen molar-refractivity contribution in [2.45, 2.75) is 43.5 Å². The normalized spacial score (nSPS) is 21.4. The van der Waals surface area contributed by atoms with Crippen LogP contribution < -0.4 is 14.8 Å². The fourth-order valence-corrected chi connectivity index (χ4v) is 4.02. The summed E-state index contributed by atoms with van der Waals surface area (Å²) in [5.41, 5.74) is 0. The fraction of sp³-hybridized carbons (Fsp3) is 0.588. The second-order valence-corrected chi connectivity index (χ2v) is 7.16. The predicted octanol–water partition coefficient (Wildman–Crippen LogP) is 3.01. The molecule has 4 nitrogen and oxygen atoms in total. The number of rotatable bonds is 5. The van der Waals surface area contributed by atoms with Crippen LogP contribution in [0, 0.1) is 0 Å². The molecule has 1 aromatic carbocycles. The zero-order valence-electron chi connectivity index (χ0n) is 12.8. The van der Waals surface area contributed by atoms with Crippen molar-refractivity contribution < 1.29 is 14.3 Å². The van der Waals surface area contributed by atoms with E-state index in [-0.39, 0.29) is 12.0 Å². The molecule has 2 aliphatic rings. The summed E-state index contributed by atoms with van der Waals surface area (Å²) < 4.78 is 11.5. The van der Waals surface area contributed by atoms with Gasteiger partial charge in [0, 0.05) is 5.25 Å². The quantitative estimate of drug-likeness (QED) is 0.905. The predicted molar refractivity (Wildman–Crippen MR) is 88.7 cm³/mol. The molecule has 1 fully saturated rings. The van der Waals surface area contributed by atoms with Crippen LogP contribution in [0.3, 0.4) is 0 Å². The van der Waals surface area contributed by atoms with Crippen molar-refractivity contribution in [3.63, 3.8) is 0 Å². The molecule has 0 radical (unpaired) electrons. The van der Waals surface area contributed by atoms with Gasteiger partial charge in [-0.05, 0) is 25.0 Å². The molecule has 1 aromatic rings. The van der Waals surface area contributed by atoms with Crippen molar-refractivity contribution in [2.75, 3.05) is 18.9 Å². The third-order valence-electron chi connectivity index (χ3n) is 4.10. The summed E-state index contributed by atoms with van der Waals surface area (Å²) in [5.74, 6) is 2.18. The third kappa shape index (κ3) is 4.32. The first-order chi connectivity index (χ1) is 10.8. The summed E-state index contributed by atoms with van der Waals surface area (Å²) in [6, 6.07) is 7.63. The smallest absolute Gasteiger partial charge is 0.230 e. The summed E-state index contributed by atoms with van der Waals surface area (Å²) in [5, 5.41) is 3.63. The van der Waals surface area contributed by atoms with Crippen molar-refractivity contribution in [1.29, 1.82) is 0 Å². The van der Waals surface area contributed by atoms with E-state index in [9.17, 15) is 4.79 Å². The zero-order chi connectivity index (χ0) is 15.2. The first-order valence-electron chi connectivity index (χ1n) is 8.08. The number of nitrogens with one attached hydrogen (secondary N) is 1. The molecule has 0 spiro atoms. The molecule has 1 amide bonds. The van der Waals surface area contributed by atoms with Crippen molar-refractivity contribution in [3.8, 4) is 11.5 Å². The lowest BCUT2D eigenvalue weighted by Gasteiger charge is -2.26. The minimum absolute atomic E-state index is 0.0954. The largest absolute Gasteiger partial charge is 0.486 e. The summed E-state index contributed by atoms with van der Waals surface area (Å²) in [6.45, 7) is 0.978. The van der Waals surface area contributed by atoms with E-state index in [0.29, 0.717) is 24.2 Å². The molecule has 1 unspecified atom stereocenters. The van der Waals surface area contributed by atoms with Crippen molar-refractivity contribution in [3.05, 3.63) is 24.3 Å². The number of benzene rings is 1. The Morgan fingerprint density at radius 1 is 1.18 bits per heavy atom. The van der Waals surface area contributed by atoms with Gasteiger partial charge in [-0.3, -0.25) is 4.79 Å². The first kappa shape index (κ1) is 15.5. The number of amides is 1. The van der Waals surface area contributed by atoms with E-state index >= 15 is 0 Å². The van der Waals surface area contributed by atoms with Gasteiger partial charge in [0.25, 0.3) is 0 Å². The van der Waals surface area contributed by atoms with E-state index in [0.717, 1.165) is 11.5 Å². The Morgan fingerprint density at radius 2 is 1.95 bits per heavy atom. The molecule has 1 aliphatic carbocycles.